The van der Waals surface area contributed by atoms with Crippen LogP contribution in [0, 0.1) is 4.77 Å². The number of tetrazole rings is 1. The predicted octanol–water partition coefficient (Wildman–Crippen LogP) is 0.247. The van der Waals surface area contributed by atoms with Crippen LogP contribution < -0.4 is 0 Å². The van der Waals surface area contributed by atoms with Gasteiger partial charge < -0.3 is 9.84 Å². The van der Waals surface area contributed by atoms with Crippen molar-refractivity contribution in [2.75, 3.05) is 6.61 Å². The van der Waals surface area contributed by atoms with E-state index in [0.29, 0.717) is 23.5 Å². The van der Waals surface area contributed by atoms with Crippen LogP contribution in [0.3, 0.4) is 0 Å². The smallest absolute Gasteiger partial charge is 0.238 e. The first kappa shape index (κ1) is 11.0. The summed E-state index contributed by atoms with van der Waals surface area (Å²) in [6, 6.07) is 0. The molecule has 1 rings (SSSR count). The van der Waals surface area contributed by atoms with Crippen molar-refractivity contribution in [1.29, 1.82) is 0 Å². The predicted molar refractivity (Wildman–Crippen MR) is 52.0 cm³/mol. The number of nitrogens with one attached hydrogen (secondary N) is 1. The van der Waals surface area contributed by atoms with Crippen molar-refractivity contribution >= 4 is 12.2 Å². The number of aliphatic hydroxyl groups is 1. The summed E-state index contributed by atoms with van der Waals surface area (Å²) in [6.07, 6.45) is -0.931. The molecule has 0 radical (unpaired) electrons. The van der Waals surface area contributed by atoms with Gasteiger partial charge in [-0.1, -0.05) is 16.9 Å². The van der Waals surface area contributed by atoms with E-state index in [2.05, 4.69) is 22.1 Å². The summed E-state index contributed by atoms with van der Waals surface area (Å²) in [4.78, 5) is 0. The number of hydrogen-bond donors (Lipinski definition) is 2. The number of aromatic amines is 1. The highest BCUT2D eigenvalue weighted by Gasteiger charge is 2.04. The highest BCUT2D eigenvalue weighted by Crippen LogP contribution is 1.99. The Kier molecular flexibility index (Phi) is 3.93. The number of rotatable bonds is 5. The number of H-pyrrole nitrogens is 1. The fourth-order valence-electron chi connectivity index (χ4n) is 0.759. The molecular formula is C7H12N4O2S. The van der Waals surface area contributed by atoms with Crippen molar-refractivity contribution in [3.05, 3.63) is 16.9 Å². The van der Waals surface area contributed by atoms with E-state index in [9.17, 15) is 5.11 Å². The van der Waals surface area contributed by atoms with Crippen LogP contribution in [-0.2, 0) is 11.3 Å². The van der Waals surface area contributed by atoms with E-state index in [1.54, 1.807) is 11.6 Å². The average Bonchev–Trinajstić information content (AvgIpc) is 2.51. The number of ether oxygens (including phenoxy) is 1. The van der Waals surface area contributed by atoms with Gasteiger partial charge in [0.2, 0.25) is 4.77 Å². The van der Waals surface area contributed by atoms with Crippen molar-refractivity contribution in [3.63, 3.8) is 0 Å². The molecule has 1 atom stereocenters. The third-order valence-electron chi connectivity index (χ3n) is 1.54. The number of hydrogen-bond acceptors (Lipinski definition) is 5. The van der Waals surface area contributed by atoms with Gasteiger partial charge in [-0.25, -0.2) is 4.68 Å². The van der Waals surface area contributed by atoms with Crippen molar-refractivity contribution in [1.82, 2.24) is 20.2 Å². The van der Waals surface area contributed by atoms with E-state index in [0.717, 1.165) is 0 Å². The number of nitrogens with zero attached hydrogens (tertiary/aromatic N) is 3. The van der Waals surface area contributed by atoms with E-state index in [1.807, 2.05) is 0 Å². The molecule has 0 aliphatic carbocycles. The van der Waals surface area contributed by atoms with Crippen LogP contribution in [0.15, 0.2) is 12.2 Å². The molecule has 0 aliphatic heterocycles. The van der Waals surface area contributed by atoms with E-state index in [4.69, 9.17) is 17.0 Å². The Hall–Kier alpha value is -1.05. The van der Waals surface area contributed by atoms with E-state index < -0.39 is 6.29 Å². The summed E-state index contributed by atoms with van der Waals surface area (Å²) >= 11 is 4.84. The molecule has 14 heavy (non-hydrogen) atoms. The Morgan fingerprint density at radius 2 is 2.57 bits per heavy atom. The molecule has 1 heterocycles. The molecule has 0 saturated heterocycles. The Balaban J connectivity index is 2.32. The zero-order valence-electron chi connectivity index (χ0n) is 7.80. The number of aliphatic hydroxyl groups excluding tert-OH is 1. The van der Waals surface area contributed by atoms with Crippen LogP contribution in [-0.4, -0.2) is 38.2 Å². The largest absolute Gasteiger partial charge is 0.364 e. The summed E-state index contributed by atoms with van der Waals surface area (Å²) in [7, 11) is 0. The molecule has 0 bridgehead atoms. The molecule has 0 saturated carbocycles. The first-order chi connectivity index (χ1) is 6.61. The second-order valence-electron chi connectivity index (χ2n) is 2.80. The fourth-order valence-corrected chi connectivity index (χ4v) is 0.932. The monoisotopic (exact) mass is 216 g/mol. The third-order valence-corrected chi connectivity index (χ3v) is 1.85. The van der Waals surface area contributed by atoms with Gasteiger partial charge in [0.15, 0.2) is 6.29 Å². The molecule has 0 fully saturated rings. The topological polar surface area (TPSA) is 76.0 Å². The second-order valence-corrected chi connectivity index (χ2v) is 3.17. The van der Waals surface area contributed by atoms with Crippen LogP contribution in [0.4, 0.5) is 0 Å². The maximum absolute atomic E-state index is 9.23. The lowest BCUT2D eigenvalue weighted by atomic mass is 10.3. The first-order valence-corrected chi connectivity index (χ1v) is 4.45. The lowest BCUT2D eigenvalue weighted by Gasteiger charge is -2.10. The van der Waals surface area contributed by atoms with Crippen LogP contribution in [0.5, 0.6) is 0 Å². The van der Waals surface area contributed by atoms with Crippen LogP contribution in [0.25, 0.3) is 0 Å². The molecule has 78 valence electrons. The maximum atomic E-state index is 9.23. The van der Waals surface area contributed by atoms with Gasteiger partial charge in [-0.3, -0.25) is 0 Å². The van der Waals surface area contributed by atoms with Gasteiger partial charge in [0.05, 0.1) is 13.2 Å². The van der Waals surface area contributed by atoms with E-state index in [-0.39, 0.29) is 0 Å². The Morgan fingerprint density at radius 1 is 1.86 bits per heavy atom. The Morgan fingerprint density at radius 3 is 3.07 bits per heavy atom. The highest BCUT2D eigenvalue weighted by atomic mass is 32.1. The van der Waals surface area contributed by atoms with Gasteiger partial charge >= 0.3 is 0 Å². The molecule has 0 spiro atoms. The quantitative estimate of drug-likeness (QED) is 0.419. The molecule has 1 unspecified atom stereocenters. The van der Waals surface area contributed by atoms with Gasteiger partial charge in [0.1, 0.15) is 0 Å². The normalized spacial score (nSPS) is 12.7. The standard InChI is InChI=1S/C7H12N4O2S/c1-5(2)6(12)13-4-3-11-7(14)8-9-10-11/h6,12H,1,3-4H2,2H3,(H,8,10,14). The van der Waals surface area contributed by atoms with E-state index in [1.165, 1.54) is 0 Å². The first-order valence-electron chi connectivity index (χ1n) is 4.04. The average molecular weight is 216 g/mol. The van der Waals surface area contributed by atoms with Crippen molar-refractivity contribution < 1.29 is 9.84 Å². The Bertz CT molecular complexity index is 359. The molecule has 0 aliphatic rings. The van der Waals surface area contributed by atoms with Gasteiger partial charge in [0, 0.05) is 0 Å². The van der Waals surface area contributed by atoms with Gasteiger partial charge in [-0.05, 0) is 24.7 Å². The van der Waals surface area contributed by atoms with Crippen molar-refractivity contribution in [2.24, 2.45) is 0 Å². The van der Waals surface area contributed by atoms with Gasteiger partial charge in [-0.15, -0.1) is 0 Å². The molecule has 6 nitrogen and oxygen atoms in total. The summed E-state index contributed by atoms with van der Waals surface area (Å²) in [5, 5.41) is 18.9. The summed E-state index contributed by atoms with van der Waals surface area (Å²) < 4.78 is 6.95. The molecule has 0 aromatic carbocycles. The Labute approximate surface area is 86.2 Å². The lowest BCUT2D eigenvalue weighted by Crippen LogP contribution is -2.17. The SMILES string of the molecule is C=C(C)C(O)OCCn1[nH]nnc1=S. The molecule has 1 aromatic rings. The summed E-state index contributed by atoms with van der Waals surface area (Å²) in [5.74, 6) is 0. The van der Waals surface area contributed by atoms with E-state index >= 15 is 0 Å². The van der Waals surface area contributed by atoms with Crippen LogP contribution in [0.2, 0.25) is 0 Å². The fraction of sp³-hybridized carbons (Fsp3) is 0.571. The highest BCUT2D eigenvalue weighted by molar-refractivity contribution is 7.71. The van der Waals surface area contributed by atoms with Crippen LogP contribution in [0.1, 0.15) is 6.92 Å². The minimum Gasteiger partial charge on any atom is -0.364 e. The molecule has 0 amide bonds. The maximum Gasteiger partial charge on any atom is 0.238 e. The van der Waals surface area contributed by atoms with Crippen molar-refractivity contribution in [3.8, 4) is 0 Å². The van der Waals surface area contributed by atoms with Crippen LogP contribution >= 0.6 is 12.2 Å². The molecular weight excluding hydrogens is 204 g/mol. The zero-order valence-corrected chi connectivity index (χ0v) is 8.62. The zero-order chi connectivity index (χ0) is 10.6. The molecule has 7 heteroatoms. The molecule has 1 aromatic heterocycles. The van der Waals surface area contributed by atoms with Gasteiger partial charge in [0.25, 0.3) is 0 Å². The molecule has 2 N–H and O–H groups in total. The summed E-state index contributed by atoms with van der Waals surface area (Å²) in [6.45, 7) is 6.02. The third kappa shape index (κ3) is 3.02. The lowest BCUT2D eigenvalue weighted by molar-refractivity contribution is -0.0748. The second kappa shape index (κ2) is 4.99. The minimum atomic E-state index is -0.931. The van der Waals surface area contributed by atoms with Gasteiger partial charge in [-0.2, -0.15) is 5.21 Å². The van der Waals surface area contributed by atoms with Crippen molar-refractivity contribution in [2.45, 2.75) is 19.8 Å². The minimum absolute atomic E-state index is 0.312. The number of aromatic nitrogens is 4. The summed E-state index contributed by atoms with van der Waals surface area (Å²) in [5.41, 5.74) is 0.566.